The maximum atomic E-state index is 11.9. The van der Waals surface area contributed by atoms with E-state index in [2.05, 4.69) is 4.98 Å². The lowest BCUT2D eigenvalue weighted by atomic mass is 10.2. The summed E-state index contributed by atoms with van der Waals surface area (Å²) in [6.07, 6.45) is 0.301. The van der Waals surface area contributed by atoms with Crippen LogP contribution in [0.1, 0.15) is 12.5 Å². The van der Waals surface area contributed by atoms with E-state index in [0.29, 0.717) is 0 Å². The maximum Gasteiger partial charge on any atom is 0.406 e. The third-order valence-corrected chi connectivity index (χ3v) is 2.78. The van der Waals surface area contributed by atoms with Crippen LogP contribution in [0.2, 0.25) is 0 Å². The largest absolute Gasteiger partial charge is 0.471 e. The number of carbonyl (C=O) groups is 1. The average molecular weight is 302 g/mol. The molecule has 1 aromatic carbocycles. The van der Waals surface area contributed by atoms with Crippen LogP contribution in [0.15, 0.2) is 48.7 Å². The molecule has 1 heterocycles. The van der Waals surface area contributed by atoms with Gasteiger partial charge in [0.05, 0.1) is 0 Å². The Balaban J connectivity index is 1.96. The fourth-order valence-electron chi connectivity index (χ4n) is 1.70. The van der Waals surface area contributed by atoms with E-state index in [1.54, 1.807) is 0 Å². The quantitative estimate of drug-likeness (QED) is 0.462. The van der Waals surface area contributed by atoms with Crippen LogP contribution in [-0.2, 0) is 16.1 Å². The van der Waals surface area contributed by atoms with E-state index < -0.39 is 22.8 Å². The highest BCUT2D eigenvalue weighted by Gasteiger charge is 2.22. The van der Waals surface area contributed by atoms with Gasteiger partial charge in [-0.1, -0.05) is 30.3 Å². The molecule has 114 valence electrons. The molecule has 7 heteroatoms. The van der Waals surface area contributed by atoms with Crippen LogP contribution >= 0.6 is 0 Å². The molecule has 0 saturated heterocycles. The molecule has 2 aromatic rings. The molecule has 1 atom stereocenters. The van der Waals surface area contributed by atoms with Crippen molar-refractivity contribution in [2.45, 2.75) is 19.6 Å². The van der Waals surface area contributed by atoms with Gasteiger partial charge >= 0.3 is 11.8 Å². The molecule has 22 heavy (non-hydrogen) atoms. The third-order valence-electron chi connectivity index (χ3n) is 2.78. The number of carbonyl (C=O) groups excluding carboxylic acids is 1. The molecule has 0 spiro atoms. The highest BCUT2D eigenvalue weighted by molar-refractivity contribution is 5.74. The van der Waals surface area contributed by atoms with Crippen LogP contribution in [0.5, 0.6) is 5.75 Å². The second-order valence-corrected chi connectivity index (χ2v) is 4.44. The number of pyridine rings is 1. The van der Waals surface area contributed by atoms with Crippen molar-refractivity contribution < 1.29 is 19.2 Å². The molecule has 1 aromatic heterocycles. The Hall–Kier alpha value is -2.96. The Morgan fingerprint density at radius 1 is 1.27 bits per heavy atom. The molecule has 0 fully saturated rings. The van der Waals surface area contributed by atoms with E-state index in [0.717, 1.165) is 5.56 Å². The summed E-state index contributed by atoms with van der Waals surface area (Å²) in [6, 6.07) is 12.1. The molecular weight excluding hydrogens is 288 g/mol. The molecule has 0 radical (unpaired) electrons. The molecule has 1 unspecified atom stereocenters. The smallest absolute Gasteiger partial charge is 0.406 e. The lowest BCUT2D eigenvalue weighted by Gasteiger charge is -2.13. The van der Waals surface area contributed by atoms with Gasteiger partial charge in [0, 0.05) is 0 Å². The Morgan fingerprint density at radius 3 is 2.68 bits per heavy atom. The number of esters is 1. The monoisotopic (exact) mass is 302 g/mol. The van der Waals surface area contributed by atoms with Crippen molar-refractivity contribution in [3.8, 4) is 5.75 Å². The molecule has 2 rings (SSSR count). The number of benzene rings is 1. The lowest BCUT2D eigenvalue weighted by Crippen LogP contribution is -2.26. The van der Waals surface area contributed by atoms with Crippen LogP contribution in [0.3, 0.4) is 0 Å². The first-order chi connectivity index (χ1) is 10.6. The molecule has 0 saturated carbocycles. The summed E-state index contributed by atoms with van der Waals surface area (Å²) in [7, 11) is 0. The number of nitrogens with zero attached hydrogens (tertiary/aromatic N) is 2. The highest BCUT2D eigenvalue weighted by atomic mass is 16.6. The highest BCUT2D eigenvalue weighted by Crippen LogP contribution is 2.24. The van der Waals surface area contributed by atoms with Gasteiger partial charge in [0.15, 0.2) is 6.10 Å². The van der Waals surface area contributed by atoms with Gasteiger partial charge in [-0.15, -0.1) is 0 Å². The van der Waals surface area contributed by atoms with Gasteiger partial charge in [-0.05, 0) is 34.5 Å². The Morgan fingerprint density at radius 2 is 2.00 bits per heavy atom. The molecule has 0 aliphatic rings. The predicted octanol–water partition coefficient (Wildman–Crippen LogP) is 2.50. The zero-order valence-corrected chi connectivity index (χ0v) is 11.8. The predicted molar refractivity (Wildman–Crippen MR) is 77.2 cm³/mol. The molecular formula is C15H14N2O5. The fraction of sp³-hybridized carbons (Fsp3) is 0.200. The van der Waals surface area contributed by atoms with Crippen molar-refractivity contribution in [1.29, 1.82) is 0 Å². The summed E-state index contributed by atoms with van der Waals surface area (Å²) >= 11 is 0. The number of rotatable bonds is 6. The maximum absolute atomic E-state index is 11.9. The van der Waals surface area contributed by atoms with Gasteiger partial charge in [0.1, 0.15) is 12.8 Å². The second kappa shape index (κ2) is 7.16. The van der Waals surface area contributed by atoms with Crippen molar-refractivity contribution in [1.82, 2.24) is 4.98 Å². The minimum absolute atomic E-state index is 0.0725. The van der Waals surface area contributed by atoms with Crippen molar-refractivity contribution in [3.05, 3.63) is 64.3 Å². The zero-order valence-electron chi connectivity index (χ0n) is 11.8. The van der Waals surface area contributed by atoms with Crippen molar-refractivity contribution in [3.63, 3.8) is 0 Å². The third kappa shape index (κ3) is 4.02. The van der Waals surface area contributed by atoms with E-state index in [-0.39, 0.29) is 12.4 Å². The SMILES string of the molecule is CC(Oc1cccnc1[N+](=O)[O-])C(=O)OCc1ccccc1. The summed E-state index contributed by atoms with van der Waals surface area (Å²) < 4.78 is 10.4. The van der Waals surface area contributed by atoms with E-state index in [1.807, 2.05) is 30.3 Å². The van der Waals surface area contributed by atoms with E-state index >= 15 is 0 Å². The van der Waals surface area contributed by atoms with Crippen LogP contribution in [0.4, 0.5) is 5.82 Å². The average Bonchev–Trinajstić information content (AvgIpc) is 2.53. The van der Waals surface area contributed by atoms with E-state index in [9.17, 15) is 14.9 Å². The van der Waals surface area contributed by atoms with Crippen molar-refractivity contribution >= 4 is 11.8 Å². The standard InChI is InChI=1S/C15H14N2O5/c1-11(15(18)21-10-12-6-3-2-4-7-12)22-13-8-5-9-16-14(13)17(19)20/h2-9,11H,10H2,1H3. The Labute approximate surface area is 126 Å². The molecule has 0 bridgehead atoms. The summed E-state index contributed by atoms with van der Waals surface area (Å²) in [5, 5.41) is 10.8. The van der Waals surface area contributed by atoms with Gasteiger partial charge in [-0.2, -0.15) is 0 Å². The van der Waals surface area contributed by atoms with Crippen LogP contribution < -0.4 is 4.74 Å². The number of hydrogen-bond donors (Lipinski definition) is 0. The van der Waals surface area contributed by atoms with Gasteiger partial charge in [-0.3, -0.25) is 0 Å². The van der Waals surface area contributed by atoms with Gasteiger partial charge < -0.3 is 19.6 Å². The molecule has 0 amide bonds. The van der Waals surface area contributed by atoms with Crippen molar-refractivity contribution in [2.75, 3.05) is 0 Å². The van der Waals surface area contributed by atoms with Gasteiger partial charge in [0.2, 0.25) is 5.75 Å². The minimum Gasteiger partial charge on any atom is -0.471 e. The summed E-state index contributed by atoms with van der Waals surface area (Å²) in [5.74, 6) is -1.12. The topological polar surface area (TPSA) is 91.6 Å². The van der Waals surface area contributed by atoms with E-state index in [4.69, 9.17) is 9.47 Å². The first-order valence-corrected chi connectivity index (χ1v) is 6.54. The number of nitro groups is 1. The minimum atomic E-state index is -0.980. The zero-order chi connectivity index (χ0) is 15.9. The second-order valence-electron chi connectivity index (χ2n) is 4.44. The van der Waals surface area contributed by atoms with Crippen molar-refractivity contribution in [2.24, 2.45) is 0 Å². The van der Waals surface area contributed by atoms with Gasteiger partial charge in [0.25, 0.3) is 0 Å². The molecule has 0 aliphatic carbocycles. The van der Waals surface area contributed by atoms with Crippen LogP contribution in [0, 0.1) is 10.1 Å². The lowest BCUT2D eigenvalue weighted by molar-refractivity contribution is -0.390. The summed E-state index contributed by atoms with van der Waals surface area (Å²) in [6.45, 7) is 1.58. The van der Waals surface area contributed by atoms with E-state index in [1.165, 1.54) is 25.3 Å². The normalized spacial score (nSPS) is 11.5. The summed E-state index contributed by atoms with van der Waals surface area (Å²) in [4.78, 5) is 25.6. The molecule has 7 nitrogen and oxygen atoms in total. The Kier molecular flexibility index (Phi) is 5.02. The Bertz CT molecular complexity index is 660. The molecule has 0 N–H and O–H groups in total. The van der Waals surface area contributed by atoms with Crippen LogP contribution in [0.25, 0.3) is 0 Å². The first kappa shape index (κ1) is 15.4. The number of hydrogen-bond acceptors (Lipinski definition) is 6. The fourth-order valence-corrected chi connectivity index (χ4v) is 1.70. The number of ether oxygens (including phenoxy) is 2. The van der Waals surface area contributed by atoms with Crippen LogP contribution in [-0.4, -0.2) is 22.0 Å². The molecule has 0 aliphatic heterocycles. The summed E-state index contributed by atoms with van der Waals surface area (Å²) in [5.41, 5.74) is 0.843. The van der Waals surface area contributed by atoms with Gasteiger partial charge in [-0.25, -0.2) is 4.79 Å². The first-order valence-electron chi connectivity index (χ1n) is 6.54. The number of aromatic nitrogens is 1.